The zero-order chi connectivity index (χ0) is 15.1. The summed E-state index contributed by atoms with van der Waals surface area (Å²) in [4.78, 5) is 14.6. The van der Waals surface area contributed by atoms with Crippen LogP contribution in [0, 0.1) is 6.92 Å². The molecule has 21 heavy (non-hydrogen) atoms. The van der Waals surface area contributed by atoms with Crippen molar-refractivity contribution in [3.8, 4) is 0 Å². The summed E-state index contributed by atoms with van der Waals surface area (Å²) in [6.07, 6.45) is 0. The van der Waals surface area contributed by atoms with Gasteiger partial charge in [0.05, 0.1) is 0 Å². The number of carbonyl (C=O) groups is 1. The number of nitrogens with one attached hydrogen (secondary N) is 2. The molecule has 0 saturated carbocycles. The Bertz CT molecular complexity index is 473. The van der Waals surface area contributed by atoms with Gasteiger partial charge >= 0.3 is 0 Å². The van der Waals surface area contributed by atoms with Gasteiger partial charge in [0.15, 0.2) is 0 Å². The lowest BCUT2D eigenvalue weighted by molar-refractivity contribution is 0.0949. The average Bonchev–Trinajstić information content (AvgIpc) is 2.50. The van der Waals surface area contributed by atoms with E-state index in [9.17, 15) is 4.79 Å². The topological polar surface area (TPSA) is 44.4 Å². The van der Waals surface area contributed by atoms with E-state index in [-0.39, 0.29) is 5.91 Å². The molecule has 0 unspecified atom stereocenters. The lowest BCUT2D eigenvalue weighted by Crippen LogP contribution is -2.39. The standard InChI is InChI=1S/C16H25N3OS/c1-3-17-15-5-4-14(12-13(15)2)16(20)18-6-7-19-8-10-21-11-9-19/h4-5,12,17H,3,6-11H2,1-2H3,(H,18,20). The Morgan fingerprint density at radius 2 is 2.10 bits per heavy atom. The highest BCUT2D eigenvalue weighted by Gasteiger charge is 2.11. The van der Waals surface area contributed by atoms with Crippen LogP contribution in [-0.2, 0) is 0 Å². The molecule has 4 nitrogen and oxygen atoms in total. The van der Waals surface area contributed by atoms with Crippen molar-refractivity contribution in [3.05, 3.63) is 29.3 Å². The van der Waals surface area contributed by atoms with Crippen molar-refractivity contribution >= 4 is 23.4 Å². The molecule has 1 heterocycles. The minimum atomic E-state index is 0.0209. The van der Waals surface area contributed by atoms with Crippen molar-refractivity contribution in [1.29, 1.82) is 0 Å². The lowest BCUT2D eigenvalue weighted by atomic mass is 10.1. The Hall–Kier alpha value is -1.20. The normalized spacial score (nSPS) is 15.7. The number of aryl methyl sites for hydroxylation is 1. The number of thioether (sulfide) groups is 1. The summed E-state index contributed by atoms with van der Waals surface area (Å²) in [5.74, 6) is 2.44. The van der Waals surface area contributed by atoms with Crippen LogP contribution in [0.1, 0.15) is 22.8 Å². The first-order valence-corrected chi connectivity index (χ1v) is 8.79. The fourth-order valence-electron chi connectivity index (χ4n) is 2.45. The Balaban J connectivity index is 1.81. The van der Waals surface area contributed by atoms with Gasteiger partial charge in [-0.05, 0) is 37.6 Å². The maximum atomic E-state index is 12.2. The Kier molecular flexibility index (Phi) is 6.39. The Morgan fingerprint density at radius 3 is 2.76 bits per heavy atom. The fourth-order valence-corrected chi connectivity index (χ4v) is 3.43. The first-order chi connectivity index (χ1) is 10.2. The Morgan fingerprint density at radius 1 is 1.33 bits per heavy atom. The molecule has 0 spiro atoms. The molecule has 0 atom stereocenters. The maximum Gasteiger partial charge on any atom is 0.251 e. The summed E-state index contributed by atoms with van der Waals surface area (Å²) < 4.78 is 0. The summed E-state index contributed by atoms with van der Waals surface area (Å²) in [5.41, 5.74) is 2.95. The molecule has 1 amide bonds. The first-order valence-electron chi connectivity index (χ1n) is 7.63. The number of benzene rings is 1. The number of hydrogen-bond donors (Lipinski definition) is 2. The van der Waals surface area contributed by atoms with Crippen LogP contribution in [0.25, 0.3) is 0 Å². The second-order valence-electron chi connectivity index (χ2n) is 5.27. The van der Waals surface area contributed by atoms with Gasteiger partial charge in [-0.25, -0.2) is 0 Å². The number of hydrogen-bond acceptors (Lipinski definition) is 4. The van der Waals surface area contributed by atoms with Crippen LogP contribution >= 0.6 is 11.8 Å². The lowest BCUT2D eigenvalue weighted by Gasteiger charge is -2.26. The van der Waals surface area contributed by atoms with Crippen molar-refractivity contribution < 1.29 is 4.79 Å². The van der Waals surface area contributed by atoms with Crippen molar-refractivity contribution in [2.45, 2.75) is 13.8 Å². The third-order valence-corrected chi connectivity index (χ3v) is 4.62. The summed E-state index contributed by atoms with van der Waals surface area (Å²) in [6, 6.07) is 5.82. The van der Waals surface area contributed by atoms with Crippen LogP contribution in [0.15, 0.2) is 18.2 Å². The molecule has 0 aromatic heterocycles. The molecule has 1 fully saturated rings. The van der Waals surface area contributed by atoms with E-state index in [4.69, 9.17) is 0 Å². The van der Waals surface area contributed by atoms with Crippen LogP contribution in [0.3, 0.4) is 0 Å². The molecule has 2 N–H and O–H groups in total. The maximum absolute atomic E-state index is 12.2. The molecule has 1 aliphatic rings. The minimum absolute atomic E-state index is 0.0209. The summed E-state index contributed by atoms with van der Waals surface area (Å²) in [7, 11) is 0. The molecule has 1 saturated heterocycles. The van der Waals surface area contributed by atoms with E-state index in [1.54, 1.807) is 0 Å². The fraction of sp³-hybridized carbons (Fsp3) is 0.562. The number of rotatable bonds is 6. The molecule has 1 aromatic rings. The van der Waals surface area contributed by atoms with Gasteiger partial charge in [0, 0.05) is 55.5 Å². The number of carbonyl (C=O) groups excluding carboxylic acids is 1. The van der Waals surface area contributed by atoms with Gasteiger partial charge in [-0.1, -0.05) is 0 Å². The molecule has 0 aliphatic carbocycles. The molecule has 0 radical (unpaired) electrons. The van der Waals surface area contributed by atoms with Gasteiger partial charge in [0.2, 0.25) is 0 Å². The van der Waals surface area contributed by atoms with E-state index < -0.39 is 0 Å². The molecular formula is C16H25N3OS. The second-order valence-corrected chi connectivity index (χ2v) is 6.49. The average molecular weight is 307 g/mol. The van der Waals surface area contributed by atoms with Crippen LogP contribution in [0.5, 0.6) is 0 Å². The van der Waals surface area contributed by atoms with E-state index in [0.29, 0.717) is 0 Å². The van der Waals surface area contributed by atoms with Gasteiger partial charge in [-0.15, -0.1) is 0 Å². The molecule has 1 aromatic carbocycles. The van der Waals surface area contributed by atoms with Crippen LogP contribution in [-0.4, -0.2) is 55.0 Å². The number of nitrogens with zero attached hydrogens (tertiary/aromatic N) is 1. The van der Waals surface area contributed by atoms with Crippen LogP contribution in [0.2, 0.25) is 0 Å². The third-order valence-electron chi connectivity index (χ3n) is 3.67. The summed E-state index contributed by atoms with van der Waals surface area (Å²) in [5, 5.41) is 6.30. The van der Waals surface area contributed by atoms with Crippen molar-refractivity contribution in [1.82, 2.24) is 10.2 Å². The number of anilines is 1. The van der Waals surface area contributed by atoms with Gasteiger partial charge < -0.3 is 10.6 Å². The first kappa shape index (κ1) is 16.2. The summed E-state index contributed by atoms with van der Waals surface area (Å²) in [6.45, 7) is 8.92. The van der Waals surface area contributed by atoms with Crippen LogP contribution in [0.4, 0.5) is 5.69 Å². The summed E-state index contributed by atoms with van der Waals surface area (Å²) >= 11 is 2.01. The van der Waals surface area contributed by atoms with Gasteiger partial charge in [-0.3, -0.25) is 9.69 Å². The predicted molar refractivity (Wildman–Crippen MR) is 91.4 cm³/mol. The van der Waals surface area contributed by atoms with Crippen molar-refractivity contribution in [2.75, 3.05) is 49.5 Å². The van der Waals surface area contributed by atoms with Crippen molar-refractivity contribution in [2.24, 2.45) is 0 Å². The zero-order valence-corrected chi connectivity index (χ0v) is 13.8. The largest absolute Gasteiger partial charge is 0.385 e. The monoisotopic (exact) mass is 307 g/mol. The molecule has 5 heteroatoms. The second kappa shape index (κ2) is 8.29. The SMILES string of the molecule is CCNc1ccc(C(=O)NCCN2CCSCC2)cc1C. The highest BCUT2D eigenvalue weighted by molar-refractivity contribution is 7.99. The predicted octanol–water partition coefficient (Wildman–Crippen LogP) is 2.21. The van der Waals surface area contributed by atoms with E-state index >= 15 is 0 Å². The molecule has 2 rings (SSSR count). The highest BCUT2D eigenvalue weighted by atomic mass is 32.2. The van der Waals surface area contributed by atoms with E-state index in [1.807, 2.05) is 36.9 Å². The van der Waals surface area contributed by atoms with Gasteiger partial charge in [-0.2, -0.15) is 11.8 Å². The highest BCUT2D eigenvalue weighted by Crippen LogP contribution is 2.16. The molecule has 116 valence electrons. The van der Waals surface area contributed by atoms with Crippen molar-refractivity contribution in [3.63, 3.8) is 0 Å². The quantitative estimate of drug-likeness (QED) is 0.846. The number of amides is 1. The van der Waals surface area contributed by atoms with E-state index in [1.165, 1.54) is 11.5 Å². The van der Waals surface area contributed by atoms with E-state index in [0.717, 1.165) is 49.5 Å². The Labute approximate surface area is 131 Å². The van der Waals surface area contributed by atoms with Gasteiger partial charge in [0.1, 0.15) is 0 Å². The molecular weight excluding hydrogens is 282 g/mol. The third kappa shape index (κ3) is 4.93. The zero-order valence-electron chi connectivity index (χ0n) is 12.9. The van der Waals surface area contributed by atoms with Crippen LogP contribution < -0.4 is 10.6 Å². The van der Waals surface area contributed by atoms with E-state index in [2.05, 4.69) is 22.5 Å². The molecule has 1 aliphatic heterocycles. The molecule has 0 bridgehead atoms. The van der Waals surface area contributed by atoms with Gasteiger partial charge in [0.25, 0.3) is 5.91 Å². The minimum Gasteiger partial charge on any atom is -0.385 e. The smallest absolute Gasteiger partial charge is 0.251 e.